The molecule has 1 saturated heterocycles. The zero-order valence-corrected chi connectivity index (χ0v) is 10.3. The lowest BCUT2D eigenvalue weighted by Crippen LogP contribution is -2.33. The Morgan fingerprint density at radius 2 is 1.88 bits per heavy atom. The van der Waals surface area contributed by atoms with Crippen LogP contribution in [0.4, 0.5) is 0 Å². The summed E-state index contributed by atoms with van der Waals surface area (Å²) in [6.07, 6.45) is 1.60. The normalized spacial score (nSPS) is 21.8. The molecule has 0 aliphatic carbocycles. The van der Waals surface area contributed by atoms with Gasteiger partial charge in [0.05, 0.1) is 0 Å². The highest BCUT2D eigenvalue weighted by Gasteiger charge is 2.35. The van der Waals surface area contributed by atoms with Crippen LogP contribution in [0.3, 0.4) is 0 Å². The highest BCUT2D eigenvalue weighted by atomic mass is 32.2. The summed E-state index contributed by atoms with van der Waals surface area (Å²) in [5.74, 6) is -0.826. The van der Waals surface area contributed by atoms with E-state index >= 15 is 0 Å². The third-order valence-corrected chi connectivity index (χ3v) is 5.13. The van der Waals surface area contributed by atoms with Crippen LogP contribution in [0.1, 0.15) is 19.8 Å². The average Bonchev–Trinajstić information content (AvgIpc) is 2.64. The molecule has 1 aromatic carbocycles. The lowest BCUT2D eigenvalue weighted by molar-refractivity contribution is 0.388. The highest BCUT2D eigenvalue weighted by Crippen LogP contribution is 2.36. The van der Waals surface area contributed by atoms with Gasteiger partial charge in [-0.15, -0.1) is 0 Å². The van der Waals surface area contributed by atoms with Crippen molar-refractivity contribution in [2.45, 2.75) is 30.7 Å². The fourth-order valence-electron chi connectivity index (χ4n) is 2.16. The van der Waals surface area contributed by atoms with Crippen molar-refractivity contribution in [3.05, 3.63) is 18.2 Å². The monoisotopic (exact) mass is 257 g/mol. The molecule has 0 amide bonds. The van der Waals surface area contributed by atoms with Gasteiger partial charge in [-0.2, -0.15) is 4.31 Å². The predicted molar refractivity (Wildman–Crippen MR) is 62.4 cm³/mol. The number of hydrogen-bond donors (Lipinski definition) is 2. The van der Waals surface area contributed by atoms with Crippen LogP contribution in [0.25, 0.3) is 0 Å². The summed E-state index contributed by atoms with van der Waals surface area (Å²) < 4.78 is 25.9. The predicted octanol–water partition coefficient (Wildman–Crippen LogP) is 1.27. The number of sulfonamides is 1. The Labute approximate surface area is 100 Å². The molecule has 2 N–H and O–H groups in total. The summed E-state index contributed by atoms with van der Waals surface area (Å²) >= 11 is 0. The molecule has 1 aliphatic heterocycles. The van der Waals surface area contributed by atoms with Crippen molar-refractivity contribution in [1.29, 1.82) is 0 Å². The Kier molecular flexibility index (Phi) is 3.01. The molecule has 0 bridgehead atoms. The van der Waals surface area contributed by atoms with Crippen molar-refractivity contribution >= 4 is 10.0 Å². The van der Waals surface area contributed by atoms with Gasteiger partial charge in [0, 0.05) is 12.6 Å². The van der Waals surface area contributed by atoms with Gasteiger partial charge in [0.25, 0.3) is 10.0 Å². The van der Waals surface area contributed by atoms with Crippen molar-refractivity contribution in [2.24, 2.45) is 0 Å². The molecule has 17 heavy (non-hydrogen) atoms. The fourth-order valence-corrected chi connectivity index (χ4v) is 4.01. The number of phenolic OH excluding ortho intramolecular Hbond substituents is 2. The average molecular weight is 257 g/mol. The quantitative estimate of drug-likeness (QED) is 0.836. The number of phenols is 2. The summed E-state index contributed by atoms with van der Waals surface area (Å²) in [7, 11) is -3.82. The summed E-state index contributed by atoms with van der Waals surface area (Å²) in [6, 6.07) is 3.82. The van der Waals surface area contributed by atoms with Crippen molar-refractivity contribution in [3.8, 4) is 11.5 Å². The van der Waals surface area contributed by atoms with E-state index in [0.717, 1.165) is 12.8 Å². The summed E-state index contributed by atoms with van der Waals surface area (Å²) in [6.45, 7) is 2.25. The van der Waals surface area contributed by atoms with E-state index in [0.29, 0.717) is 6.54 Å². The lowest BCUT2D eigenvalue weighted by Gasteiger charge is -2.21. The number of nitrogens with zero attached hydrogens (tertiary/aromatic N) is 1. The van der Waals surface area contributed by atoms with E-state index in [1.807, 2.05) is 6.92 Å². The molecule has 0 spiro atoms. The van der Waals surface area contributed by atoms with Crippen molar-refractivity contribution in [2.75, 3.05) is 6.54 Å². The zero-order chi connectivity index (χ0) is 12.6. The van der Waals surface area contributed by atoms with Gasteiger partial charge in [-0.1, -0.05) is 6.07 Å². The Morgan fingerprint density at radius 3 is 2.35 bits per heavy atom. The van der Waals surface area contributed by atoms with Crippen molar-refractivity contribution < 1.29 is 18.6 Å². The van der Waals surface area contributed by atoms with Gasteiger partial charge in [-0.25, -0.2) is 8.42 Å². The van der Waals surface area contributed by atoms with Gasteiger partial charge in [0.2, 0.25) is 0 Å². The minimum absolute atomic E-state index is 0.0981. The first-order chi connectivity index (χ1) is 7.94. The molecule has 1 aliphatic rings. The standard InChI is InChI=1S/C11H15NO4S/c1-8-4-3-7-12(8)17(15,16)11-9(13)5-2-6-10(11)14/h2,5-6,8,13-14H,3-4,7H2,1H3. The maximum absolute atomic E-state index is 12.3. The lowest BCUT2D eigenvalue weighted by atomic mass is 10.3. The molecule has 5 nitrogen and oxygen atoms in total. The first-order valence-corrected chi connectivity index (χ1v) is 6.91. The van der Waals surface area contributed by atoms with Crippen molar-refractivity contribution in [3.63, 3.8) is 0 Å². The second-order valence-electron chi connectivity index (χ2n) is 4.23. The Morgan fingerprint density at radius 1 is 1.29 bits per heavy atom. The van der Waals surface area contributed by atoms with Crippen LogP contribution in [-0.4, -0.2) is 35.5 Å². The van der Waals surface area contributed by atoms with Gasteiger partial charge in [0.1, 0.15) is 11.5 Å². The SMILES string of the molecule is CC1CCCN1S(=O)(=O)c1c(O)cccc1O. The van der Waals surface area contributed by atoms with Crippen LogP contribution in [0.5, 0.6) is 11.5 Å². The van der Waals surface area contributed by atoms with E-state index in [-0.39, 0.29) is 6.04 Å². The van der Waals surface area contributed by atoms with Crippen LogP contribution >= 0.6 is 0 Å². The Bertz CT molecular complexity index is 506. The maximum atomic E-state index is 12.3. The van der Waals surface area contributed by atoms with Crippen LogP contribution in [0.2, 0.25) is 0 Å². The van der Waals surface area contributed by atoms with Crippen LogP contribution in [-0.2, 0) is 10.0 Å². The number of benzene rings is 1. The molecule has 1 atom stereocenters. The molecule has 1 fully saturated rings. The summed E-state index contributed by atoms with van der Waals surface area (Å²) in [5.41, 5.74) is 0. The second kappa shape index (κ2) is 4.19. The molecule has 0 radical (unpaired) electrons. The third kappa shape index (κ3) is 1.98. The zero-order valence-electron chi connectivity index (χ0n) is 9.50. The van der Waals surface area contributed by atoms with E-state index in [1.54, 1.807) is 0 Å². The molecular formula is C11H15NO4S. The van der Waals surface area contributed by atoms with Gasteiger partial charge in [-0.3, -0.25) is 0 Å². The maximum Gasteiger partial charge on any atom is 0.250 e. The van der Waals surface area contributed by atoms with E-state index in [1.165, 1.54) is 22.5 Å². The van der Waals surface area contributed by atoms with E-state index in [4.69, 9.17) is 0 Å². The molecule has 1 heterocycles. The largest absolute Gasteiger partial charge is 0.506 e. The Balaban J connectivity index is 2.52. The highest BCUT2D eigenvalue weighted by molar-refractivity contribution is 7.89. The van der Waals surface area contributed by atoms with Crippen LogP contribution in [0.15, 0.2) is 23.1 Å². The van der Waals surface area contributed by atoms with Gasteiger partial charge in [-0.05, 0) is 31.9 Å². The van der Waals surface area contributed by atoms with E-state index in [2.05, 4.69) is 0 Å². The number of aromatic hydroxyl groups is 2. The number of hydrogen-bond acceptors (Lipinski definition) is 4. The smallest absolute Gasteiger partial charge is 0.250 e. The first-order valence-electron chi connectivity index (χ1n) is 5.47. The topological polar surface area (TPSA) is 77.8 Å². The van der Waals surface area contributed by atoms with Crippen LogP contribution < -0.4 is 0 Å². The minimum atomic E-state index is -3.82. The van der Waals surface area contributed by atoms with Gasteiger partial charge < -0.3 is 10.2 Å². The molecule has 2 rings (SSSR count). The van der Waals surface area contributed by atoms with Gasteiger partial charge >= 0.3 is 0 Å². The molecule has 1 unspecified atom stereocenters. The van der Waals surface area contributed by atoms with Gasteiger partial charge in [0.15, 0.2) is 4.90 Å². The first kappa shape index (κ1) is 12.2. The fraction of sp³-hybridized carbons (Fsp3) is 0.455. The molecular weight excluding hydrogens is 242 g/mol. The van der Waals surface area contributed by atoms with E-state index < -0.39 is 26.4 Å². The molecule has 1 aromatic rings. The van der Waals surface area contributed by atoms with Crippen molar-refractivity contribution in [1.82, 2.24) is 4.31 Å². The minimum Gasteiger partial charge on any atom is -0.506 e. The van der Waals surface area contributed by atoms with E-state index in [9.17, 15) is 18.6 Å². The summed E-state index contributed by atoms with van der Waals surface area (Å²) in [5, 5.41) is 19.2. The Hall–Kier alpha value is -1.27. The molecule has 0 aromatic heterocycles. The van der Waals surface area contributed by atoms with Crippen LogP contribution in [0, 0.1) is 0 Å². The number of rotatable bonds is 2. The molecule has 0 saturated carbocycles. The third-order valence-electron chi connectivity index (χ3n) is 3.03. The summed E-state index contributed by atoms with van der Waals surface area (Å²) in [4.78, 5) is -0.395. The second-order valence-corrected chi connectivity index (χ2v) is 6.06. The molecule has 94 valence electrons. The molecule has 6 heteroatoms.